The molecule has 4 heteroatoms. The Morgan fingerprint density at radius 1 is 1.05 bits per heavy atom. The number of hydrogen-bond donors (Lipinski definition) is 0. The first-order chi connectivity index (χ1) is 10.4. The second-order valence-corrected chi connectivity index (χ2v) is 7.21. The average molecular weight is 359 g/mol. The quantitative estimate of drug-likeness (QED) is 0.762. The molecule has 0 unspecified atom stereocenters. The minimum Gasteiger partial charge on any atom is -0.453 e. The summed E-state index contributed by atoms with van der Waals surface area (Å²) in [5.74, 6) is 0.646. The Morgan fingerprint density at radius 3 is 2.36 bits per heavy atom. The summed E-state index contributed by atoms with van der Waals surface area (Å²) < 4.78 is 6.72. The predicted octanol–water partition coefficient (Wildman–Crippen LogP) is 4.90. The lowest BCUT2D eigenvalue weighted by Gasteiger charge is -2.20. The number of anilines is 1. The molecule has 3 rings (SSSR count). The van der Waals surface area contributed by atoms with E-state index in [4.69, 9.17) is 4.74 Å². The number of benzene rings is 2. The van der Waals surface area contributed by atoms with E-state index in [0.717, 1.165) is 15.7 Å². The van der Waals surface area contributed by atoms with Gasteiger partial charge in [-0.1, -0.05) is 45.0 Å². The van der Waals surface area contributed by atoms with E-state index in [1.54, 1.807) is 0 Å². The molecule has 0 bridgehead atoms. The molecule has 0 atom stereocenters. The van der Waals surface area contributed by atoms with Crippen LogP contribution in [0.5, 0.6) is 0 Å². The van der Waals surface area contributed by atoms with Crippen LogP contribution in [0, 0.1) is 0 Å². The van der Waals surface area contributed by atoms with Crippen molar-refractivity contribution in [2.75, 3.05) is 11.7 Å². The van der Waals surface area contributed by atoms with Crippen LogP contribution in [-0.2, 0) is 10.2 Å². The van der Waals surface area contributed by atoms with Gasteiger partial charge in [-0.3, -0.25) is 0 Å². The van der Waals surface area contributed by atoms with Crippen molar-refractivity contribution in [3.63, 3.8) is 0 Å². The van der Waals surface area contributed by atoms with E-state index in [2.05, 4.69) is 66.1 Å². The molecule has 2 aromatic rings. The van der Waals surface area contributed by atoms with Crippen LogP contribution in [0.1, 0.15) is 31.9 Å². The zero-order chi connectivity index (χ0) is 15.7. The van der Waals surface area contributed by atoms with Crippen LogP contribution >= 0.6 is 15.9 Å². The molecule has 1 aliphatic heterocycles. The first-order valence-corrected chi connectivity index (χ1v) is 8.09. The van der Waals surface area contributed by atoms with Crippen molar-refractivity contribution < 1.29 is 4.74 Å². The molecular weight excluding hydrogens is 340 g/mol. The maximum absolute atomic E-state index is 5.73. The lowest BCUT2D eigenvalue weighted by molar-refractivity contribution is 0.338. The summed E-state index contributed by atoms with van der Waals surface area (Å²) in [6.07, 6.45) is 0. The smallest absolute Gasteiger partial charge is 0.241 e. The van der Waals surface area contributed by atoms with E-state index in [1.807, 2.05) is 29.3 Å². The standard InChI is InChI=1S/C18H19BrN2O/c1-18(2,3)13-8-10-14(11-9-13)21-12-22-17(20-21)15-6-4-5-7-16(15)19/h4-11H,12H2,1-3H3. The fraction of sp³-hybridized carbons (Fsp3) is 0.278. The summed E-state index contributed by atoms with van der Waals surface area (Å²) in [4.78, 5) is 0. The molecule has 0 saturated carbocycles. The fourth-order valence-corrected chi connectivity index (χ4v) is 2.78. The second-order valence-electron chi connectivity index (χ2n) is 6.35. The Bertz CT molecular complexity index is 702. The third kappa shape index (κ3) is 3.02. The van der Waals surface area contributed by atoms with Gasteiger partial charge in [-0.25, -0.2) is 5.01 Å². The van der Waals surface area contributed by atoms with Crippen molar-refractivity contribution in [1.82, 2.24) is 0 Å². The summed E-state index contributed by atoms with van der Waals surface area (Å²) in [7, 11) is 0. The Hall–Kier alpha value is -1.81. The lowest BCUT2D eigenvalue weighted by atomic mass is 9.87. The monoisotopic (exact) mass is 358 g/mol. The molecule has 0 N–H and O–H groups in total. The van der Waals surface area contributed by atoms with Gasteiger partial charge in [-0.2, -0.15) is 0 Å². The highest BCUT2D eigenvalue weighted by Gasteiger charge is 2.21. The Morgan fingerprint density at radius 2 is 1.73 bits per heavy atom. The van der Waals surface area contributed by atoms with Gasteiger partial charge in [0.1, 0.15) is 0 Å². The van der Waals surface area contributed by atoms with Gasteiger partial charge in [0.15, 0.2) is 6.73 Å². The van der Waals surface area contributed by atoms with Gasteiger partial charge < -0.3 is 4.74 Å². The van der Waals surface area contributed by atoms with Crippen LogP contribution in [0.15, 0.2) is 58.1 Å². The highest BCUT2D eigenvalue weighted by Crippen LogP contribution is 2.27. The molecule has 3 nitrogen and oxygen atoms in total. The van der Waals surface area contributed by atoms with Gasteiger partial charge in [-0.05, 0) is 51.2 Å². The van der Waals surface area contributed by atoms with Crippen LogP contribution in [-0.4, -0.2) is 12.6 Å². The highest BCUT2D eigenvalue weighted by atomic mass is 79.9. The zero-order valence-electron chi connectivity index (χ0n) is 13.0. The largest absolute Gasteiger partial charge is 0.453 e. The van der Waals surface area contributed by atoms with E-state index in [1.165, 1.54) is 5.56 Å². The summed E-state index contributed by atoms with van der Waals surface area (Å²) in [6.45, 7) is 7.07. The Labute approximate surface area is 139 Å². The van der Waals surface area contributed by atoms with Gasteiger partial charge >= 0.3 is 0 Å². The van der Waals surface area contributed by atoms with Crippen molar-refractivity contribution >= 4 is 27.5 Å². The highest BCUT2D eigenvalue weighted by molar-refractivity contribution is 9.10. The number of hydrogen-bond acceptors (Lipinski definition) is 3. The molecule has 0 aliphatic carbocycles. The number of ether oxygens (including phenoxy) is 1. The molecule has 0 amide bonds. The van der Waals surface area contributed by atoms with Gasteiger partial charge in [0, 0.05) is 4.47 Å². The van der Waals surface area contributed by atoms with Gasteiger partial charge in [0.25, 0.3) is 0 Å². The maximum atomic E-state index is 5.73. The first kappa shape index (κ1) is 15.1. The molecule has 1 heterocycles. The van der Waals surface area contributed by atoms with Gasteiger partial charge in [-0.15, -0.1) is 5.10 Å². The van der Waals surface area contributed by atoms with E-state index in [9.17, 15) is 0 Å². The summed E-state index contributed by atoms with van der Waals surface area (Å²) in [5.41, 5.74) is 3.47. The first-order valence-electron chi connectivity index (χ1n) is 7.29. The van der Waals surface area contributed by atoms with E-state index in [0.29, 0.717) is 12.6 Å². The van der Waals surface area contributed by atoms with Crippen molar-refractivity contribution in [3.8, 4) is 0 Å². The van der Waals surface area contributed by atoms with Crippen LogP contribution in [0.4, 0.5) is 5.69 Å². The lowest BCUT2D eigenvalue weighted by Crippen LogP contribution is -2.14. The zero-order valence-corrected chi connectivity index (χ0v) is 14.6. The molecule has 0 radical (unpaired) electrons. The van der Waals surface area contributed by atoms with Crippen LogP contribution in [0.3, 0.4) is 0 Å². The molecule has 0 aromatic heterocycles. The molecule has 1 aliphatic rings. The van der Waals surface area contributed by atoms with Crippen LogP contribution in [0.25, 0.3) is 0 Å². The van der Waals surface area contributed by atoms with Crippen molar-refractivity contribution in [2.45, 2.75) is 26.2 Å². The second kappa shape index (κ2) is 5.76. The molecule has 22 heavy (non-hydrogen) atoms. The molecular formula is C18H19BrN2O. The minimum absolute atomic E-state index is 0.156. The number of halogens is 1. The molecule has 0 spiro atoms. The number of hydrazone groups is 1. The van der Waals surface area contributed by atoms with E-state index in [-0.39, 0.29) is 5.41 Å². The SMILES string of the molecule is CC(C)(C)c1ccc(N2COC(c3ccccc3Br)=N2)cc1. The summed E-state index contributed by atoms with van der Waals surface area (Å²) in [5, 5.41) is 6.46. The molecule has 0 fully saturated rings. The summed E-state index contributed by atoms with van der Waals surface area (Å²) >= 11 is 3.53. The number of rotatable bonds is 2. The van der Waals surface area contributed by atoms with Gasteiger partial charge in [0.2, 0.25) is 5.90 Å². The Kier molecular flexibility index (Phi) is 3.96. The molecule has 0 saturated heterocycles. The minimum atomic E-state index is 0.156. The molecule has 2 aromatic carbocycles. The van der Waals surface area contributed by atoms with Crippen molar-refractivity contribution in [1.29, 1.82) is 0 Å². The van der Waals surface area contributed by atoms with Crippen molar-refractivity contribution in [3.05, 3.63) is 64.1 Å². The third-order valence-corrected chi connectivity index (χ3v) is 4.36. The van der Waals surface area contributed by atoms with E-state index >= 15 is 0 Å². The maximum Gasteiger partial charge on any atom is 0.241 e. The van der Waals surface area contributed by atoms with Crippen LogP contribution in [0.2, 0.25) is 0 Å². The van der Waals surface area contributed by atoms with Gasteiger partial charge in [0.05, 0.1) is 11.3 Å². The van der Waals surface area contributed by atoms with E-state index < -0.39 is 0 Å². The Balaban J connectivity index is 1.84. The predicted molar refractivity (Wildman–Crippen MR) is 94.3 cm³/mol. The average Bonchev–Trinajstić information content (AvgIpc) is 2.96. The van der Waals surface area contributed by atoms with Crippen LogP contribution < -0.4 is 5.01 Å². The number of nitrogens with zero attached hydrogens (tertiary/aromatic N) is 2. The fourth-order valence-electron chi connectivity index (χ4n) is 2.32. The third-order valence-electron chi connectivity index (χ3n) is 3.67. The normalized spacial score (nSPS) is 14.7. The summed E-state index contributed by atoms with van der Waals surface area (Å²) in [6, 6.07) is 16.4. The topological polar surface area (TPSA) is 24.8 Å². The molecule has 114 valence electrons. The van der Waals surface area contributed by atoms with Crippen molar-refractivity contribution in [2.24, 2.45) is 5.10 Å².